The monoisotopic (exact) mass is 368 g/mol. The molecule has 1 heterocycles. The van der Waals surface area contributed by atoms with Crippen molar-refractivity contribution in [1.82, 2.24) is 15.0 Å². The highest BCUT2D eigenvalue weighted by molar-refractivity contribution is 5.20. The van der Waals surface area contributed by atoms with Crippen molar-refractivity contribution in [2.75, 3.05) is 0 Å². The highest BCUT2D eigenvalue weighted by atomic mass is 15.5. The van der Waals surface area contributed by atoms with Gasteiger partial charge in [-0.05, 0) is 43.9 Å². The summed E-state index contributed by atoms with van der Waals surface area (Å²) in [6.45, 7) is 2.45. The molecule has 1 aromatic rings. The lowest BCUT2D eigenvalue weighted by Crippen LogP contribution is -2.34. The number of hydrogen-bond donors (Lipinski definition) is 0. The third kappa shape index (κ3) is 3.93. The van der Waals surface area contributed by atoms with Crippen LogP contribution >= 0.6 is 0 Å². The van der Waals surface area contributed by atoms with Crippen LogP contribution in [0.3, 0.4) is 0 Å². The summed E-state index contributed by atoms with van der Waals surface area (Å²) in [4.78, 5) is 0. The Bertz CT molecular complexity index is 656. The zero-order chi connectivity index (χ0) is 18.7. The number of rotatable bonds is 7. The second-order valence-corrected chi connectivity index (χ2v) is 9.84. The summed E-state index contributed by atoms with van der Waals surface area (Å²) >= 11 is 0. The second-order valence-electron chi connectivity index (χ2n) is 9.84. The van der Waals surface area contributed by atoms with Crippen LogP contribution in [0.15, 0.2) is 6.20 Å². The topological polar surface area (TPSA) is 54.5 Å². The van der Waals surface area contributed by atoms with Gasteiger partial charge in [0.25, 0.3) is 0 Å². The highest BCUT2D eigenvalue weighted by Crippen LogP contribution is 2.46. The van der Waals surface area contributed by atoms with Crippen LogP contribution in [0, 0.1) is 23.2 Å². The molecule has 3 fully saturated rings. The normalized spacial score (nSPS) is 25.6. The molecule has 0 amide bonds. The number of aromatic nitrogens is 3. The Kier molecular flexibility index (Phi) is 5.58. The molecule has 3 saturated carbocycles. The molecule has 1 atom stereocenters. The van der Waals surface area contributed by atoms with E-state index in [0.717, 1.165) is 30.4 Å². The summed E-state index contributed by atoms with van der Waals surface area (Å²) in [5, 5.41) is 18.6. The standard InChI is InChI=1S/C23H36N4/c1-22(20-12-6-3-7-13-20,14-8-11-19-9-4-2-5-10-19)21-17-27(26-25-21)23(18-24)15-16-23/h17,19-20H,2-16H2,1H3/t22-/m0/s1. The maximum absolute atomic E-state index is 9.52. The molecule has 0 aromatic carbocycles. The van der Waals surface area contributed by atoms with E-state index in [2.05, 4.69) is 29.5 Å². The van der Waals surface area contributed by atoms with E-state index in [1.165, 1.54) is 83.5 Å². The Balaban J connectivity index is 1.48. The Hall–Kier alpha value is -1.37. The SMILES string of the molecule is C[C@@](CCCC1CCCCC1)(c1cn(C2(C#N)CC2)nn1)C1CCCCC1. The van der Waals surface area contributed by atoms with Crippen molar-refractivity contribution in [3.63, 3.8) is 0 Å². The zero-order valence-electron chi connectivity index (χ0n) is 17.1. The molecule has 0 unspecified atom stereocenters. The summed E-state index contributed by atoms with van der Waals surface area (Å²) in [7, 11) is 0. The molecule has 3 aliphatic carbocycles. The molecule has 0 aliphatic heterocycles. The first-order valence-corrected chi connectivity index (χ1v) is 11.5. The zero-order valence-corrected chi connectivity index (χ0v) is 17.1. The van der Waals surface area contributed by atoms with Crippen LogP contribution in [0.1, 0.15) is 109 Å². The molecule has 4 heteroatoms. The van der Waals surface area contributed by atoms with E-state index in [1.54, 1.807) is 0 Å². The van der Waals surface area contributed by atoms with E-state index in [4.69, 9.17) is 0 Å². The minimum atomic E-state index is -0.388. The van der Waals surface area contributed by atoms with Crippen molar-refractivity contribution in [2.24, 2.45) is 11.8 Å². The smallest absolute Gasteiger partial charge is 0.150 e. The van der Waals surface area contributed by atoms with E-state index in [-0.39, 0.29) is 11.0 Å². The molecule has 3 aliphatic rings. The van der Waals surface area contributed by atoms with Crippen molar-refractivity contribution in [1.29, 1.82) is 5.26 Å². The van der Waals surface area contributed by atoms with Crippen LogP contribution in [-0.2, 0) is 11.0 Å². The minimum absolute atomic E-state index is 0.124. The molecular weight excluding hydrogens is 332 g/mol. The molecule has 0 N–H and O–H groups in total. The Morgan fingerprint density at radius 1 is 1.11 bits per heavy atom. The highest BCUT2D eigenvalue weighted by Gasteiger charge is 2.48. The first kappa shape index (κ1) is 19.0. The average Bonchev–Trinajstić information content (AvgIpc) is 3.36. The van der Waals surface area contributed by atoms with Gasteiger partial charge in [-0.3, -0.25) is 0 Å². The van der Waals surface area contributed by atoms with E-state index in [0.29, 0.717) is 0 Å². The molecule has 0 bridgehead atoms. The van der Waals surface area contributed by atoms with Gasteiger partial charge in [0.1, 0.15) is 0 Å². The van der Waals surface area contributed by atoms with Gasteiger partial charge in [-0.2, -0.15) is 5.26 Å². The maximum atomic E-state index is 9.52. The fraction of sp³-hybridized carbons (Fsp3) is 0.870. The molecule has 0 radical (unpaired) electrons. The van der Waals surface area contributed by atoms with Crippen molar-refractivity contribution in [3.05, 3.63) is 11.9 Å². The van der Waals surface area contributed by atoms with Crippen LogP contribution in [0.2, 0.25) is 0 Å². The number of nitrogens with zero attached hydrogens (tertiary/aromatic N) is 4. The van der Waals surface area contributed by atoms with Crippen LogP contribution in [0.5, 0.6) is 0 Å². The van der Waals surface area contributed by atoms with E-state index in [9.17, 15) is 5.26 Å². The molecule has 1 aromatic heterocycles. The van der Waals surface area contributed by atoms with Crippen LogP contribution in [-0.4, -0.2) is 15.0 Å². The summed E-state index contributed by atoms with van der Waals surface area (Å²) < 4.78 is 1.88. The first-order chi connectivity index (χ1) is 13.2. The van der Waals surface area contributed by atoms with Gasteiger partial charge in [0.15, 0.2) is 5.54 Å². The maximum Gasteiger partial charge on any atom is 0.150 e. The Morgan fingerprint density at radius 3 is 2.41 bits per heavy atom. The second kappa shape index (κ2) is 7.94. The number of nitriles is 1. The molecule has 4 rings (SSSR count). The lowest BCUT2D eigenvalue weighted by molar-refractivity contribution is 0.190. The molecule has 0 spiro atoms. The largest absolute Gasteiger partial charge is 0.232 e. The summed E-state index contributed by atoms with van der Waals surface area (Å²) in [5.41, 5.74) is 0.888. The van der Waals surface area contributed by atoms with E-state index < -0.39 is 0 Å². The predicted molar refractivity (Wildman–Crippen MR) is 107 cm³/mol. The van der Waals surface area contributed by atoms with Gasteiger partial charge < -0.3 is 0 Å². The van der Waals surface area contributed by atoms with Crippen LogP contribution in [0.25, 0.3) is 0 Å². The van der Waals surface area contributed by atoms with Crippen LogP contribution in [0.4, 0.5) is 0 Å². The lowest BCUT2D eigenvalue weighted by Gasteiger charge is -2.39. The molecular formula is C23H36N4. The van der Waals surface area contributed by atoms with E-state index in [1.807, 2.05) is 4.68 Å². The van der Waals surface area contributed by atoms with Crippen molar-refractivity contribution >= 4 is 0 Å². The van der Waals surface area contributed by atoms with Gasteiger partial charge in [0.05, 0.1) is 18.0 Å². The summed E-state index contributed by atoms with van der Waals surface area (Å²) in [6.07, 6.45) is 21.9. The number of hydrogen-bond acceptors (Lipinski definition) is 3. The molecule has 148 valence electrons. The molecule has 0 saturated heterocycles. The Labute approximate surface area is 164 Å². The fourth-order valence-corrected chi connectivity index (χ4v) is 5.76. The summed E-state index contributed by atoms with van der Waals surface area (Å²) in [6, 6.07) is 2.46. The Morgan fingerprint density at radius 2 is 1.78 bits per heavy atom. The molecule has 4 nitrogen and oxygen atoms in total. The van der Waals surface area contributed by atoms with Gasteiger partial charge >= 0.3 is 0 Å². The van der Waals surface area contributed by atoms with Gasteiger partial charge in [0, 0.05) is 5.41 Å². The van der Waals surface area contributed by atoms with E-state index >= 15 is 0 Å². The van der Waals surface area contributed by atoms with Gasteiger partial charge in [-0.15, -0.1) is 5.10 Å². The first-order valence-electron chi connectivity index (χ1n) is 11.5. The van der Waals surface area contributed by atoms with Crippen molar-refractivity contribution < 1.29 is 0 Å². The van der Waals surface area contributed by atoms with Crippen molar-refractivity contribution in [3.8, 4) is 6.07 Å². The van der Waals surface area contributed by atoms with Crippen molar-refractivity contribution in [2.45, 2.75) is 114 Å². The molecule has 27 heavy (non-hydrogen) atoms. The third-order valence-corrected chi connectivity index (χ3v) is 7.99. The van der Waals surface area contributed by atoms with Gasteiger partial charge in [-0.25, -0.2) is 4.68 Å². The minimum Gasteiger partial charge on any atom is -0.232 e. The average molecular weight is 369 g/mol. The fourth-order valence-electron chi connectivity index (χ4n) is 5.76. The van der Waals surface area contributed by atoms with Gasteiger partial charge in [-0.1, -0.05) is 76.3 Å². The van der Waals surface area contributed by atoms with Crippen LogP contribution < -0.4 is 0 Å². The lowest BCUT2D eigenvalue weighted by atomic mass is 9.65. The summed E-state index contributed by atoms with van der Waals surface area (Å²) in [5.74, 6) is 1.68. The third-order valence-electron chi connectivity index (χ3n) is 7.99. The van der Waals surface area contributed by atoms with Gasteiger partial charge in [0.2, 0.25) is 0 Å². The quantitative estimate of drug-likeness (QED) is 0.604. The predicted octanol–water partition coefficient (Wildman–Crippen LogP) is 5.88.